The van der Waals surface area contributed by atoms with E-state index in [4.69, 9.17) is 9.57 Å². The molecule has 0 fully saturated rings. The number of esters is 1. The topological polar surface area (TPSA) is 85.7 Å². The number of nitrogens with one attached hydrogen (secondary N) is 1. The number of hydrogen-bond acceptors (Lipinski definition) is 7. The molecule has 0 aliphatic carbocycles. The third kappa shape index (κ3) is 4.98. The van der Waals surface area contributed by atoms with Crippen molar-refractivity contribution in [2.75, 3.05) is 13.2 Å². The lowest BCUT2D eigenvalue weighted by Gasteiger charge is -2.21. The number of nitrogens with zero attached hydrogens (tertiary/aromatic N) is 3. The number of carbonyl (C=O) groups is 1. The average Bonchev–Trinajstić information content (AvgIpc) is 2.69. The first kappa shape index (κ1) is 18.7. The van der Waals surface area contributed by atoms with Crippen molar-refractivity contribution >= 4 is 17.9 Å². The number of hydrogen-bond donors (Lipinski definition) is 1. The number of benzene rings is 1. The van der Waals surface area contributed by atoms with Crippen molar-refractivity contribution in [1.82, 2.24) is 15.4 Å². The fourth-order valence-corrected chi connectivity index (χ4v) is 2.57. The van der Waals surface area contributed by atoms with Gasteiger partial charge in [0.1, 0.15) is 12.7 Å². The molecule has 140 valence electrons. The minimum Gasteiger partial charge on any atom is -0.460 e. The van der Waals surface area contributed by atoms with E-state index in [9.17, 15) is 4.79 Å². The third-order valence-electron chi connectivity index (χ3n) is 4.25. The molecule has 0 bridgehead atoms. The van der Waals surface area contributed by atoms with Crippen LogP contribution in [0, 0.1) is 20.8 Å². The van der Waals surface area contributed by atoms with Crippen LogP contribution in [0.25, 0.3) is 6.08 Å². The monoisotopic (exact) mass is 366 g/mol. The number of rotatable bonds is 5. The predicted octanol–water partition coefficient (Wildman–Crippen LogP) is 2.31. The predicted molar refractivity (Wildman–Crippen MR) is 102 cm³/mol. The summed E-state index contributed by atoms with van der Waals surface area (Å²) in [6, 6.07) is 5.89. The highest BCUT2D eigenvalue weighted by Crippen LogP contribution is 2.16. The van der Waals surface area contributed by atoms with Crippen LogP contribution in [0.4, 0.5) is 0 Å². The molecule has 1 unspecified atom stereocenters. The number of amidine groups is 1. The molecule has 1 N–H and O–H groups in total. The van der Waals surface area contributed by atoms with Crippen LogP contribution in [0.15, 0.2) is 41.7 Å². The Kier molecular flexibility index (Phi) is 5.93. The Bertz CT molecular complexity index is 878. The summed E-state index contributed by atoms with van der Waals surface area (Å²) < 4.78 is 5.25. The van der Waals surface area contributed by atoms with Crippen molar-refractivity contribution in [2.45, 2.75) is 26.9 Å². The van der Waals surface area contributed by atoms with Crippen LogP contribution < -0.4 is 5.48 Å². The summed E-state index contributed by atoms with van der Waals surface area (Å²) in [6.45, 7) is 6.60. The first-order chi connectivity index (χ1) is 13.0. The molecular weight excluding hydrogens is 344 g/mol. The van der Waals surface area contributed by atoms with E-state index in [2.05, 4.69) is 39.5 Å². The van der Waals surface area contributed by atoms with Gasteiger partial charge in [0.05, 0.1) is 6.54 Å². The van der Waals surface area contributed by atoms with E-state index in [-0.39, 0.29) is 12.7 Å². The van der Waals surface area contributed by atoms with Gasteiger partial charge >= 0.3 is 5.97 Å². The van der Waals surface area contributed by atoms with E-state index >= 15 is 0 Å². The lowest BCUT2D eigenvalue weighted by molar-refractivity contribution is -0.143. The summed E-state index contributed by atoms with van der Waals surface area (Å²) in [4.78, 5) is 29.9. The van der Waals surface area contributed by atoms with Gasteiger partial charge in [-0.05, 0) is 55.2 Å². The molecule has 0 saturated carbocycles. The molecule has 1 aromatic carbocycles. The molecule has 0 saturated heterocycles. The Morgan fingerprint density at radius 3 is 2.67 bits per heavy atom. The average molecular weight is 366 g/mol. The van der Waals surface area contributed by atoms with Crippen LogP contribution in [0.1, 0.15) is 28.1 Å². The zero-order valence-corrected chi connectivity index (χ0v) is 15.6. The first-order valence-corrected chi connectivity index (χ1v) is 8.69. The highest BCUT2D eigenvalue weighted by molar-refractivity contribution is 5.94. The molecule has 7 nitrogen and oxygen atoms in total. The molecular formula is C20H22N4O3. The van der Waals surface area contributed by atoms with Crippen molar-refractivity contribution in [2.24, 2.45) is 4.99 Å². The Morgan fingerprint density at radius 2 is 1.96 bits per heavy atom. The number of ether oxygens (including phenoxy) is 1. The van der Waals surface area contributed by atoms with Crippen LogP contribution in [0.5, 0.6) is 0 Å². The van der Waals surface area contributed by atoms with E-state index in [1.54, 1.807) is 24.5 Å². The molecule has 2 aromatic rings. The standard InChI is InChI=1S/C20H22N4O3/c1-13-9-15(3)16(10-14(13)2)5-6-18(25)26-12-17-11-23-20(24-27-17)19-21-7-4-8-22-19/h4-10,17H,11-12H2,1-3H3,(H,23,24)/b6-5+. The van der Waals surface area contributed by atoms with Crippen molar-refractivity contribution < 1.29 is 14.4 Å². The molecule has 7 heteroatoms. The van der Waals surface area contributed by atoms with Gasteiger partial charge in [0.2, 0.25) is 0 Å². The third-order valence-corrected chi connectivity index (χ3v) is 4.25. The normalized spacial score (nSPS) is 16.7. The molecule has 2 heterocycles. The van der Waals surface area contributed by atoms with E-state index in [0.29, 0.717) is 18.2 Å². The molecule has 0 amide bonds. The fourth-order valence-electron chi connectivity index (χ4n) is 2.57. The lowest BCUT2D eigenvalue weighted by Crippen LogP contribution is -2.40. The van der Waals surface area contributed by atoms with Gasteiger partial charge in [0.15, 0.2) is 11.7 Å². The van der Waals surface area contributed by atoms with E-state index in [1.165, 1.54) is 17.2 Å². The second-order valence-electron chi connectivity index (χ2n) is 6.36. The van der Waals surface area contributed by atoms with Crippen LogP contribution in [0.2, 0.25) is 0 Å². The SMILES string of the molecule is Cc1cc(C)c(/C=C/C(=O)OCC2CN=C(c3ncccn3)NO2)cc1C. The summed E-state index contributed by atoms with van der Waals surface area (Å²) in [5.41, 5.74) is 7.24. The molecule has 1 aliphatic rings. The van der Waals surface area contributed by atoms with E-state index in [1.807, 2.05) is 13.8 Å². The maximum atomic E-state index is 12.0. The quantitative estimate of drug-likeness (QED) is 0.646. The van der Waals surface area contributed by atoms with E-state index < -0.39 is 5.97 Å². The van der Waals surface area contributed by atoms with Crippen LogP contribution in [0.3, 0.4) is 0 Å². The van der Waals surface area contributed by atoms with Crippen LogP contribution in [-0.4, -0.2) is 41.0 Å². The van der Waals surface area contributed by atoms with Crippen LogP contribution in [-0.2, 0) is 14.4 Å². The highest BCUT2D eigenvalue weighted by atomic mass is 16.7. The number of aryl methyl sites for hydroxylation is 3. The second kappa shape index (κ2) is 8.55. The summed E-state index contributed by atoms with van der Waals surface area (Å²) >= 11 is 0. The highest BCUT2D eigenvalue weighted by Gasteiger charge is 2.19. The molecule has 1 aromatic heterocycles. The van der Waals surface area contributed by atoms with Crippen molar-refractivity contribution in [3.05, 3.63) is 64.7 Å². The fraction of sp³-hybridized carbons (Fsp3) is 0.300. The van der Waals surface area contributed by atoms with Crippen molar-refractivity contribution in [1.29, 1.82) is 0 Å². The largest absolute Gasteiger partial charge is 0.460 e. The zero-order chi connectivity index (χ0) is 19.2. The second-order valence-corrected chi connectivity index (χ2v) is 6.36. The Morgan fingerprint density at radius 1 is 1.22 bits per heavy atom. The number of aliphatic imine (C=N–C) groups is 1. The van der Waals surface area contributed by atoms with Gasteiger partial charge in [-0.25, -0.2) is 20.2 Å². The van der Waals surface area contributed by atoms with Gasteiger partial charge in [-0.1, -0.05) is 12.1 Å². The Hall–Kier alpha value is -3.06. The number of carbonyl (C=O) groups excluding carboxylic acids is 1. The number of hydroxylamine groups is 1. The maximum absolute atomic E-state index is 12.0. The zero-order valence-electron chi connectivity index (χ0n) is 15.6. The summed E-state index contributed by atoms with van der Waals surface area (Å²) in [7, 11) is 0. The van der Waals surface area contributed by atoms with Gasteiger partial charge in [-0.2, -0.15) is 0 Å². The van der Waals surface area contributed by atoms with Gasteiger partial charge in [-0.15, -0.1) is 0 Å². The molecule has 0 spiro atoms. The molecule has 3 rings (SSSR count). The molecule has 0 radical (unpaired) electrons. The van der Waals surface area contributed by atoms with E-state index in [0.717, 1.165) is 11.1 Å². The Balaban J connectivity index is 1.50. The molecule has 1 atom stereocenters. The Labute approximate surface area is 158 Å². The summed E-state index contributed by atoms with van der Waals surface area (Å²) in [5, 5.41) is 0. The summed E-state index contributed by atoms with van der Waals surface area (Å²) in [6.07, 6.45) is 6.10. The minimum absolute atomic E-state index is 0.106. The smallest absolute Gasteiger partial charge is 0.330 e. The molecule has 1 aliphatic heterocycles. The van der Waals surface area contributed by atoms with Crippen LogP contribution >= 0.6 is 0 Å². The first-order valence-electron chi connectivity index (χ1n) is 8.69. The minimum atomic E-state index is -0.419. The summed E-state index contributed by atoms with van der Waals surface area (Å²) in [5.74, 6) is 0.500. The van der Waals surface area contributed by atoms with Gasteiger partial charge in [-0.3, -0.25) is 9.83 Å². The maximum Gasteiger partial charge on any atom is 0.330 e. The number of aromatic nitrogens is 2. The lowest BCUT2D eigenvalue weighted by atomic mass is 10.0. The molecule has 27 heavy (non-hydrogen) atoms. The van der Waals surface area contributed by atoms with Gasteiger partial charge in [0, 0.05) is 18.5 Å². The van der Waals surface area contributed by atoms with Gasteiger partial charge < -0.3 is 4.74 Å². The van der Waals surface area contributed by atoms with Gasteiger partial charge in [0.25, 0.3) is 0 Å². The van der Waals surface area contributed by atoms with Crippen molar-refractivity contribution in [3.63, 3.8) is 0 Å². The van der Waals surface area contributed by atoms with Crippen molar-refractivity contribution in [3.8, 4) is 0 Å².